The number of hydrogen-bond acceptors (Lipinski definition) is 3. The van der Waals surface area contributed by atoms with E-state index in [9.17, 15) is 4.39 Å². The van der Waals surface area contributed by atoms with Crippen LogP contribution in [-0.2, 0) is 0 Å². The minimum atomic E-state index is -0.288. The van der Waals surface area contributed by atoms with E-state index in [4.69, 9.17) is 10.5 Å². The maximum Gasteiger partial charge on any atom is 0.165 e. The maximum atomic E-state index is 13.3. The van der Waals surface area contributed by atoms with Gasteiger partial charge in [-0.05, 0) is 56.9 Å². The smallest absolute Gasteiger partial charge is 0.165 e. The van der Waals surface area contributed by atoms with Gasteiger partial charge in [0.1, 0.15) is 6.61 Å². The van der Waals surface area contributed by atoms with Crippen LogP contribution >= 0.6 is 0 Å². The Kier molecular flexibility index (Phi) is 5.61. The molecule has 1 heterocycles. The minimum absolute atomic E-state index is 0.288. The van der Waals surface area contributed by atoms with Crippen LogP contribution in [0.25, 0.3) is 0 Å². The molecule has 0 amide bonds. The molecule has 0 aromatic heterocycles. The van der Waals surface area contributed by atoms with Gasteiger partial charge in [-0.3, -0.25) is 4.90 Å². The van der Waals surface area contributed by atoms with Gasteiger partial charge in [-0.25, -0.2) is 4.39 Å². The van der Waals surface area contributed by atoms with Crippen LogP contribution in [-0.4, -0.2) is 37.7 Å². The Hall–Kier alpha value is -1.13. The Bertz CT molecular complexity index is 378. The second-order valence-electron chi connectivity index (χ2n) is 5.14. The first-order valence-electron chi connectivity index (χ1n) is 7.09. The lowest BCUT2D eigenvalue weighted by molar-refractivity contribution is 0.150. The molecule has 1 saturated heterocycles. The summed E-state index contributed by atoms with van der Waals surface area (Å²) in [4.78, 5) is 2.38. The zero-order valence-corrected chi connectivity index (χ0v) is 11.4. The fourth-order valence-corrected chi connectivity index (χ4v) is 2.58. The number of halogens is 1. The Morgan fingerprint density at radius 2 is 2.00 bits per heavy atom. The molecule has 0 unspecified atom stereocenters. The highest BCUT2D eigenvalue weighted by Crippen LogP contribution is 2.20. The molecule has 4 heteroatoms. The molecule has 0 radical (unpaired) electrons. The lowest BCUT2D eigenvalue weighted by atomic mass is 9.94. The average Bonchev–Trinajstić information content (AvgIpc) is 2.43. The Morgan fingerprint density at radius 1 is 1.26 bits per heavy atom. The van der Waals surface area contributed by atoms with E-state index in [0.29, 0.717) is 12.4 Å². The molecule has 0 saturated carbocycles. The standard InChI is InChI=1S/C15H23FN2O/c16-14-3-1-2-4-15(14)19-12-11-18-9-6-13(5-8-17)7-10-18/h1-4,13H,5-12,17H2. The molecule has 0 bridgehead atoms. The topological polar surface area (TPSA) is 38.5 Å². The van der Waals surface area contributed by atoms with Crippen molar-refractivity contribution in [3.63, 3.8) is 0 Å². The SMILES string of the molecule is NCCC1CCN(CCOc2ccccc2F)CC1. The number of piperidine rings is 1. The van der Waals surface area contributed by atoms with Gasteiger partial charge in [-0.1, -0.05) is 12.1 Å². The molecular formula is C15H23FN2O. The van der Waals surface area contributed by atoms with E-state index in [1.54, 1.807) is 18.2 Å². The molecule has 19 heavy (non-hydrogen) atoms. The first kappa shape index (κ1) is 14.3. The molecule has 2 rings (SSSR count). The molecule has 106 valence electrons. The van der Waals surface area contributed by atoms with Crippen molar-refractivity contribution in [2.45, 2.75) is 19.3 Å². The van der Waals surface area contributed by atoms with Gasteiger partial charge in [0.25, 0.3) is 0 Å². The highest BCUT2D eigenvalue weighted by atomic mass is 19.1. The van der Waals surface area contributed by atoms with E-state index in [0.717, 1.165) is 38.5 Å². The van der Waals surface area contributed by atoms with Gasteiger partial charge in [0, 0.05) is 6.54 Å². The van der Waals surface area contributed by atoms with Crippen molar-refractivity contribution in [3.8, 4) is 5.75 Å². The summed E-state index contributed by atoms with van der Waals surface area (Å²) in [6.45, 7) is 4.41. The maximum absolute atomic E-state index is 13.3. The number of benzene rings is 1. The summed E-state index contributed by atoms with van der Waals surface area (Å²) in [5.74, 6) is 0.846. The van der Waals surface area contributed by atoms with Crippen molar-refractivity contribution in [2.24, 2.45) is 11.7 Å². The van der Waals surface area contributed by atoms with Crippen LogP contribution < -0.4 is 10.5 Å². The third kappa shape index (κ3) is 4.48. The second-order valence-corrected chi connectivity index (χ2v) is 5.14. The number of nitrogens with zero attached hydrogens (tertiary/aromatic N) is 1. The molecule has 1 fully saturated rings. The monoisotopic (exact) mass is 266 g/mol. The van der Waals surface area contributed by atoms with Crippen molar-refractivity contribution in [2.75, 3.05) is 32.8 Å². The van der Waals surface area contributed by atoms with E-state index in [-0.39, 0.29) is 5.82 Å². The number of likely N-dealkylation sites (tertiary alicyclic amines) is 1. The van der Waals surface area contributed by atoms with Crippen LogP contribution in [0.2, 0.25) is 0 Å². The van der Waals surface area contributed by atoms with E-state index in [1.807, 2.05) is 0 Å². The molecule has 1 aliphatic rings. The fraction of sp³-hybridized carbons (Fsp3) is 0.600. The number of hydrogen-bond donors (Lipinski definition) is 1. The van der Waals surface area contributed by atoms with Crippen LogP contribution in [0.3, 0.4) is 0 Å². The first-order valence-corrected chi connectivity index (χ1v) is 7.09. The molecule has 0 spiro atoms. The van der Waals surface area contributed by atoms with Crippen molar-refractivity contribution in [1.82, 2.24) is 4.90 Å². The highest BCUT2D eigenvalue weighted by molar-refractivity contribution is 5.23. The molecule has 3 nitrogen and oxygen atoms in total. The average molecular weight is 266 g/mol. The van der Waals surface area contributed by atoms with Crippen molar-refractivity contribution >= 4 is 0 Å². The predicted octanol–water partition coefficient (Wildman–Crippen LogP) is 2.27. The third-order valence-electron chi connectivity index (χ3n) is 3.78. The van der Waals surface area contributed by atoms with Gasteiger partial charge in [-0.15, -0.1) is 0 Å². The Morgan fingerprint density at radius 3 is 2.68 bits per heavy atom. The molecule has 0 atom stereocenters. The number of nitrogens with two attached hydrogens (primary N) is 1. The van der Waals surface area contributed by atoms with Crippen molar-refractivity contribution < 1.29 is 9.13 Å². The Balaban J connectivity index is 1.66. The fourth-order valence-electron chi connectivity index (χ4n) is 2.58. The molecule has 2 N–H and O–H groups in total. The van der Waals surface area contributed by atoms with Gasteiger partial charge >= 0.3 is 0 Å². The second kappa shape index (κ2) is 7.46. The van der Waals surface area contributed by atoms with Gasteiger partial charge in [0.15, 0.2) is 11.6 Å². The summed E-state index contributed by atoms with van der Waals surface area (Å²) in [5.41, 5.74) is 5.58. The summed E-state index contributed by atoms with van der Waals surface area (Å²) < 4.78 is 18.8. The molecule has 1 aromatic carbocycles. The summed E-state index contributed by atoms with van der Waals surface area (Å²) in [6, 6.07) is 6.55. The third-order valence-corrected chi connectivity index (χ3v) is 3.78. The normalized spacial score (nSPS) is 17.6. The van der Waals surface area contributed by atoms with E-state index < -0.39 is 0 Å². The van der Waals surface area contributed by atoms with Crippen molar-refractivity contribution in [1.29, 1.82) is 0 Å². The Labute approximate surface area is 114 Å². The summed E-state index contributed by atoms with van der Waals surface area (Å²) in [7, 11) is 0. The number of para-hydroxylation sites is 1. The largest absolute Gasteiger partial charge is 0.489 e. The number of ether oxygens (including phenoxy) is 1. The quantitative estimate of drug-likeness (QED) is 0.858. The van der Waals surface area contributed by atoms with Gasteiger partial charge < -0.3 is 10.5 Å². The van der Waals surface area contributed by atoms with Gasteiger partial charge in [-0.2, -0.15) is 0 Å². The molecular weight excluding hydrogens is 243 g/mol. The summed E-state index contributed by atoms with van der Waals surface area (Å²) in [5, 5.41) is 0. The number of rotatable bonds is 6. The van der Waals surface area contributed by atoms with E-state index in [2.05, 4.69) is 4.90 Å². The van der Waals surface area contributed by atoms with Gasteiger partial charge in [0.05, 0.1) is 0 Å². The van der Waals surface area contributed by atoms with Crippen LogP contribution in [0.5, 0.6) is 5.75 Å². The van der Waals surface area contributed by atoms with E-state index >= 15 is 0 Å². The van der Waals surface area contributed by atoms with Crippen LogP contribution in [0.4, 0.5) is 4.39 Å². The van der Waals surface area contributed by atoms with Crippen molar-refractivity contribution in [3.05, 3.63) is 30.1 Å². The first-order chi connectivity index (χ1) is 9.29. The summed E-state index contributed by atoms with van der Waals surface area (Å²) >= 11 is 0. The highest BCUT2D eigenvalue weighted by Gasteiger charge is 2.18. The van der Waals surface area contributed by atoms with Gasteiger partial charge in [0.2, 0.25) is 0 Å². The van der Waals surface area contributed by atoms with Crippen LogP contribution in [0.1, 0.15) is 19.3 Å². The predicted molar refractivity (Wildman–Crippen MR) is 74.7 cm³/mol. The minimum Gasteiger partial charge on any atom is -0.489 e. The zero-order chi connectivity index (χ0) is 13.5. The lowest BCUT2D eigenvalue weighted by Gasteiger charge is -2.31. The van der Waals surface area contributed by atoms with Crippen LogP contribution in [0, 0.1) is 11.7 Å². The summed E-state index contributed by atoms with van der Waals surface area (Å²) in [6.07, 6.45) is 3.58. The van der Waals surface area contributed by atoms with Crippen LogP contribution in [0.15, 0.2) is 24.3 Å². The zero-order valence-electron chi connectivity index (χ0n) is 11.4. The lowest BCUT2D eigenvalue weighted by Crippen LogP contribution is -2.36. The molecule has 0 aliphatic carbocycles. The molecule has 1 aliphatic heterocycles. The van der Waals surface area contributed by atoms with E-state index in [1.165, 1.54) is 18.9 Å². The molecule has 1 aromatic rings.